The van der Waals surface area contributed by atoms with Gasteiger partial charge in [0.25, 0.3) is 0 Å². The van der Waals surface area contributed by atoms with Crippen molar-refractivity contribution in [3.63, 3.8) is 0 Å². The molecule has 0 unspecified atom stereocenters. The molecule has 0 atom stereocenters. The van der Waals surface area contributed by atoms with Gasteiger partial charge in [0.1, 0.15) is 5.82 Å². The second kappa shape index (κ2) is 7.12. The van der Waals surface area contributed by atoms with Crippen molar-refractivity contribution in [2.24, 2.45) is 0 Å². The first-order chi connectivity index (χ1) is 14.1. The van der Waals surface area contributed by atoms with Crippen LogP contribution in [0.25, 0.3) is 22.2 Å². The first-order valence-corrected chi connectivity index (χ1v) is 10.5. The average Bonchev–Trinajstić information content (AvgIpc) is 3.28. The quantitative estimate of drug-likeness (QED) is 0.529. The summed E-state index contributed by atoms with van der Waals surface area (Å²) in [5.74, 6) is -0.172. The van der Waals surface area contributed by atoms with Crippen LogP contribution in [0.4, 0.5) is 4.39 Å². The summed E-state index contributed by atoms with van der Waals surface area (Å²) in [6.45, 7) is 3.27. The fraction of sp³-hybridized carbons (Fsp3) is 0.217. The molecule has 0 radical (unpaired) electrons. The summed E-state index contributed by atoms with van der Waals surface area (Å²) in [5, 5.41) is 2.10. The van der Waals surface area contributed by atoms with Crippen LogP contribution in [0, 0.1) is 12.7 Å². The summed E-state index contributed by atoms with van der Waals surface area (Å²) in [7, 11) is 0. The number of aromatic amines is 1. The molecule has 6 heteroatoms. The molecule has 4 nitrogen and oxygen atoms in total. The number of hydrogen-bond donors (Lipinski definition) is 1. The largest absolute Gasteiger partial charge is 0.358 e. The lowest BCUT2D eigenvalue weighted by Crippen LogP contribution is -2.36. The Bertz CT molecular complexity index is 1210. The van der Waals surface area contributed by atoms with Crippen molar-refractivity contribution in [1.29, 1.82) is 0 Å². The van der Waals surface area contributed by atoms with Crippen molar-refractivity contribution < 1.29 is 9.18 Å². The van der Waals surface area contributed by atoms with Crippen LogP contribution in [0.2, 0.25) is 0 Å². The molecule has 29 heavy (non-hydrogen) atoms. The Kier molecular flexibility index (Phi) is 4.43. The molecule has 2 aromatic carbocycles. The molecule has 1 amide bonds. The lowest BCUT2D eigenvalue weighted by Gasteiger charge is -2.27. The Morgan fingerprint density at radius 2 is 2.00 bits per heavy atom. The highest BCUT2D eigenvalue weighted by atomic mass is 32.1. The highest BCUT2D eigenvalue weighted by Crippen LogP contribution is 2.31. The molecule has 5 rings (SSSR count). The number of para-hydroxylation sites is 1. The predicted molar refractivity (Wildman–Crippen MR) is 113 cm³/mol. The van der Waals surface area contributed by atoms with E-state index in [1.165, 1.54) is 40.1 Å². The molecule has 1 aliphatic rings. The van der Waals surface area contributed by atoms with Crippen molar-refractivity contribution in [2.45, 2.75) is 26.3 Å². The topological polar surface area (TPSA) is 49.0 Å². The van der Waals surface area contributed by atoms with Crippen LogP contribution < -0.4 is 0 Å². The maximum Gasteiger partial charge on any atom is 0.228 e. The number of aromatic nitrogens is 2. The number of thiazole rings is 1. The van der Waals surface area contributed by atoms with Crippen molar-refractivity contribution in [3.8, 4) is 11.3 Å². The summed E-state index contributed by atoms with van der Waals surface area (Å²) in [6.07, 6.45) is 1.15. The molecule has 1 N–H and O–H groups in total. The van der Waals surface area contributed by atoms with Gasteiger partial charge in [0, 0.05) is 52.1 Å². The molecule has 0 saturated carbocycles. The molecule has 0 spiro atoms. The molecule has 4 aromatic rings. The van der Waals surface area contributed by atoms with Crippen LogP contribution in [0.5, 0.6) is 0 Å². The lowest BCUT2D eigenvalue weighted by molar-refractivity contribution is -0.131. The number of rotatable bonds is 3. The van der Waals surface area contributed by atoms with Crippen molar-refractivity contribution >= 4 is 28.1 Å². The van der Waals surface area contributed by atoms with E-state index in [4.69, 9.17) is 0 Å². The summed E-state index contributed by atoms with van der Waals surface area (Å²) < 4.78 is 13.3. The van der Waals surface area contributed by atoms with Gasteiger partial charge in [-0.25, -0.2) is 9.37 Å². The number of halogens is 1. The highest BCUT2D eigenvalue weighted by molar-refractivity contribution is 7.12. The number of fused-ring (bicyclic) bond motifs is 3. The second-order valence-corrected chi connectivity index (χ2v) is 8.67. The van der Waals surface area contributed by atoms with Gasteiger partial charge in [-0.1, -0.05) is 18.2 Å². The number of H-pyrrole nitrogens is 1. The fourth-order valence-corrected chi connectivity index (χ4v) is 5.00. The molecule has 0 saturated heterocycles. The maximum absolute atomic E-state index is 13.3. The summed E-state index contributed by atoms with van der Waals surface area (Å²) in [6, 6.07) is 14.5. The van der Waals surface area contributed by atoms with Gasteiger partial charge in [-0.2, -0.15) is 0 Å². The Morgan fingerprint density at radius 1 is 1.21 bits per heavy atom. The average molecular weight is 405 g/mol. The van der Waals surface area contributed by atoms with Gasteiger partial charge >= 0.3 is 0 Å². The predicted octanol–water partition coefficient (Wildman–Crippen LogP) is 4.87. The number of hydrogen-bond acceptors (Lipinski definition) is 3. The first kappa shape index (κ1) is 18.1. The zero-order valence-corrected chi connectivity index (χ0v) is 16.9. The standard InChI is InChI=1S/C23H20FN3OS/c1-14-25-23(15-6-8-16(24)9-7-15)21(29-14)12-22(28)27-11-10-20-18(13-27)17-4-2-3-5-19(17)26-20/h2-9,26H,10-13H2,1H3. The fourth-order valence-electron chi connectivity index (χ4n) is 4.05. The molecule has 3 heterocycles. The van der Waals surface area contributed by atoms with E-state index in [1.807, 2.05) is 24.0 Å². The van der Waals surface area contributed by atoms with E-state index in [-0.39, 0.29) is 11.7 Å². The van der Waals surface area contributed by atoms with Crippen LogP contribution in [0.3, 0.4) is 0 Å². The van der Waals surface area contributed by atoms with E-state index < -0.39 is 0 Å². The molecule has 1 aliphatic heterocycles. The molecular formula is C23H20FN3OS. The molecule has 2 aromatic heterocycles. The Labute approximate surface area is 172 Å². The molecule has 0 bridgehead atoms. The van der Waals surface area contributed by atoms with Gasteiger partial charge in [-0.05, 0) is 37.3 Å². The van der Waals surface area contributed by atoms with E-state index in [1.54, 1.807) is 12.1 Å². The Balaban J connectivity index is 1.40. The van der Waals surface area contributed by atoms with Crippen molar-refractivity contribution in [3.05, 3.63) is 75.5 Å². The van der Waals surface area contributed by atoms with Crippen molar-refractivity contribution in [2.75, 3.05) is 6.54 Å². The third-order valence-electron chi connectivity index (χ3n) is 5.47. The summed E-state index contributed by atoms with van der Waals surface area (Å²) >= 11 is 1.54. The molecule has 0 aliphatic carbocycles. The number of aryl methyl sites for hydroxylation is 1. The Morgan fingerprint density at radius 3 is 2.83 bits per heavy atom. The van der Waals surface area contributed by atoms with E-state index in [9.17, 15) is 9.18 Å². The minimum absolute atomic E-state index is 0.105. The van der Waals surface area contributed by atoms with Crippen LogP contribution in [0.15, 0.2) is 48.5 Å². The van der Waals surface area contributed by atoms with E-state index in [0.29, 0.717) is 19.5 Å². The normalized spacial score (nSPS) is 13.7. The third kappa shape index (κ3) is 3.34. The monoisotopic (exact) mass is 405 g/mol. The second-order valence-electron chi connectivity index (χ2n) is 7.38. The van der Waals surface area contributed by atoms with Gasteiger partial charge in [-0.15, -0.1) is 11.3 Å². The van der Waals surface area contributed by atoms with Gasteiger partial charge in [-0.3, -0.25) is 4.79 Å². The Hall–Kier alpha value is -2.99. The number of carbonyl (C=O) groups excluding carboxylic acids is 1. The smallest absolute Gasteiger partial charge is 0.228 e. The highest BCUT2D eigenvalue weighted by Gasteiger charge is 2.25. The molecule has 0 fully saturated rings. The minimum Gasteiger partial charge on any atom is -0.358 e. The number of nitrogens with one attached hydrogen (secondary N) is 1. The van der Waals surface area contributed by atoms with Crippen LogP contribution in [-0.4, -0.2) is 27.3 Å². The van der Waals surface area contributed by atoms with E-state index in [2.05, 4.69) is 22.1 Å². The summed E-state index contributed by atoms with van der Waals surface area (Å²) in [5.41, 5.74) is 5.21. The summed E-state index contributed by atoms with van der Waals surface area (Å²) in [4.78, 5) is 24.1. The van der Waals surface area contributed by atoms with Gasteiger partial charge in [0.05, 0.1) is 17.1 Å². The lowest BCUT2D eigenvalue weighted by atomic mass is 10.0. The SMILES string of the molecule is Cc1nc(-c2ccc(F)cc2)c(CC(=O)N2CCc3[nH]c4ccccc4c3C2)s1. The number of benzene rings is 2. The maximum atomic E-state index is 13.3. The van der Waals surface area contributed by atoms with Gasteiger partial charge in [0.2, 0.25) is 5.91 Å². The number of amides is 1. The molecule has 146 valence electrons. The number of nitrogens with zero attached hydrogens (tertiary/aromatic N) is 2. The van der Waals surface area contributed by atoms with E-state index >= 15 is 0 Å². The first-order valence-electron chi connectivity index (χ1n) is 9.67. The zero-order chi connectivity index (χ0) is 20.0. The van der Waals surface area contributed by atoms with E-state index in [0.717, 1.165) is 33.1 Å². The molecular weight excluding hydrogens is 385 g/mol. The van der Waals surface area contributed by atoms with Gasteiger partial charge in [0.15, 0.2) is 0 Å². The number of carbonyl (C=O) groups is 1. The zero-order valence-electron chi connectivity index (χ0n) is 16.0. The van der Waals surface area contributed by atoms with Crippen LogP contribution in [-0.2, 0) is 24.2 Å². The van der Waals surface area contributed by atoms with Gasteiger partial charge < -0.3 is 9.88 Å². The third-order valence-corrected chi connectivity index (χ3v) is 6.44. The minimum atomic E-state index is -0.277. The van der Waals surface area contributed by atoms with Crippen LogP contribution in [0.1, 0.15) is 21.1 Å². The van der Waals surface area contributed by atoms with Crippen molar-refractivity contribution in [1.82, 2.24) is 14.9 Å². The van der Waals surface area contributed by atoms with Crippen LogP contribution >= 0.6 is 11.3 Å².